The van der Waals surface area contributed by atoms with Gasteiger partial charge in [0.05, 0.1) is 11.9 Å². The van der Waals surface area contributed by atoms with Crippen LogP contribution in [0.3, 0.4) is 0 Å². The van der Waals surface area contributed by atoms with Crippen LogP contribution in [0.25, 0.3) is 5.65 Å². The molecule has 2 aromatic rings. The van der Waals surface area contributed by atoms with Crippen molar-refractivity contribution in [1.29, 1.82) is 0 Å². The van der Waals surface area contributed by atoms with Crippen molar-refractivity contribution in [2.24, 2.45) is 5.92 Å². The molecule has 94 valence electrons. The molecular formula is C13H16N4O. The van der Waals surface area contributed by atoms with Crippen molar-refractivity contribution in [2.45, 2.75) is 20.3 Å². The van der Waals surface area contributed by atoms with Crippen LogP contribution in [-0.4, -0.2) is 34.0 Å². The molecule has 1 fully saturated rings. The fourth-order valence-corrected chi connectivity index (χ4v) is 2.54. The van der Waals surface area contributed by atoms with E-state index in [0.29, 0.717) is 6.29 Å². The topological polar surface area (TPSA) is 50.5 Å². The van der Waals surface area contributed by atoms with Gasteiger partial charge in [-0.3, -0.25) is 4.79 Å². The maximum Gasteiger partial charge on any atom is 0.214 e. The summed E-state index contributed by atoms with van der Waals surface area (Å²) in [6.07, 6.45) is 3.87. The van der Waals surface area contributed by atoms with Crippen molar-refractivity contribution < 1.29 is 4.79 Å². The SMILES string of the molecule is Cc1cc(N2CCC(C)C2)cn2nc(C=O)nc12. The molecule has 0 bridgehead atoms. The molecular weight excluding hydrogens is 228 g/mol. The Morgan fingerprint density at radius 1 is 1.50 bits per heavy atom. The van der Waals surface area contributed by atoms with Gasteiger partial charge in [-0.15, -0.1) is 5.10 Å². The molecule has 1 aliphatic heterocycles. The Balaban J connectivity index is 2.06. The summed E-state index contributed by atoms with van der Waals surface area (Å²) < 4.78 is 1.71. The maximum absolute atomic E-state index is 10.7. The number of carbonyl (C=O) groups is 1. The standard InChI is InChI=1S/C13H16N4O/c1-9-3-4-16(6-9)11-5-10(2)13-14-12(8-18)15-17(13)7-11/h5,7-9H,3-4,6H2,1-2H3. The number of rotatable bonds is 2. The van der Waals surface area contributed by atoms with E-state index >= 15 is 0 Å². The quantitative estimate of drug-likeness (QED) is 0.754. The molecule has 1 atom stereocenters. The Morgan fingerprint density at radius 2 is 2.33 bits per heavy atom. The van der Waals surface area contributed by atoms with E-state index in [1.54, 1.807) is 4.52 Å². The number of pyridine rings is 1. The number of aryl methyl sites for hydroxylation is 1. The zero-order chi connectivity index (χ0) is 12.7. The lowest BCUT2D eigenvalue weighted by molar-refractivity contribution is 0.111. The number of aromatic nitrogens is 3. The van der Waals surface area contributed by atoms with Gasteiger partial charge in [0, 0.05) is 13.1 Å². The molecule has 0 aromatic carbocycles. The number of nitrogens with zero attached hydrogens (tertiary/aromatic N) is 4. The summed E-state index contributed by atoms with van der Waals surface area (Å²) in [5.74, 6) is 0.979. The van der Waals surface area contributed by atoms with Gasteiger partial charge in [-0.25, -0.2) is 9.50 Å². The highest BCUT2D eigenvalue weighted by Gasteiger charge is 2.20. The minimum atomic E-state index is 0.241. The van der Waals surface area contributed by atoms with E-state index in [4.69, 9.17) is 0 Å². The largest absolute Gasteiger partial charge is 0.370 e. The average molecular weight is 244 g/mol. The first-order valence-corrected chi connectivity index (χ1v) is 6.24. The van der Waals surface area contributed by atoms with Gasteiger partial charge in [-0.2, -0.15) is 0 Å². The van der Waals surface area contributed by atoms with Crippen LogP contribution in [0.5, 0.6) is 0 Å². The first-order valence-electron chi connectivity index (χ1n) is 6.24. The fourth-order valence-electron chi connectivity index (χ4n) is 2.54. The molecule has 0 N–H and O–H groups in total. The summed E-state index contributed by atoms with van der Waals surface area (Å²) in [6.45, 7) is 6.44. The highest BCUT2D eigenvalue weighted by Crippen LogP contribution is 2.25. The monoisotopic (exact) mass is 244 g/mol. The number of anilines is 1. The Bertz CT molecular complexity index is 604. The van der Waals surface area contributed by atoms with E-state index in [1.807, 2.05) is 13.1 Å². The summed E-state index contributed by atoms with van der Waals surface area (Å²) in [4.78, 5) is 17.3. The van der Waals surface area contributed by atoms with Crippen molar-refractivity contribution in [3.05, 3.63) is 23.7 Å². The van der Waals surface area contributed by atoms with E-state index in [9.17, 15) is 4.79 Å². The zero-order valence-electron chi connectivity index (χ0n) is 10.6. The van der Waals surface area contributed by atoms with E-state index in [1.165, 1.54) is 6.42 Å². The molecule has 1 unspecified atom stereocenters. The van der Waals surface area contributed by atoms with Crippen LogP contribution in [0, 0.1) is 12.8 Å². The van der Waals surface area contributed by atoms with Crippen LogP contribution in [0.15, 0.2) is 12.3 Å². The predicted octanol–water partition coefficient (Wildman–Crippen LogP) is 1.70. The van der Waals surface area contributed by atoms with Crippen molar-refractivity contribution >= 4 is 17.6 Å². The van der Waals surface area contributed by atoms with Gasteiger partial charge in [-0.05, 0) is 30.9 Å². The lowest BCUT2D eigenvalue weighted by Crippen LogP contribution is -2.19. The second kappa shape index (κ2) is 4.08. The van der Waals surface area contributed by atoms with Crippen molar-refractivity contribution in [2.75, 3.05) is 18.0 Å². The zero-order valence-corrected chi connectivity index (χ0v) is 10.6. The Hall–Kier alpha value is -1.91. The highest BCUT2D eigenvalue weighted by molar-refractivity contribution is 5.71. The third-order valence-electron chi connectivity index (χ3n) is 3.51. The summed E-state index contributed by atoms with van der Waals surface area (Å²) in [5, 5.41) is 4.15. The molecule has 5 heteroatoms. The van der Waals surface area contributed by atoms with Gasteiger partial charge >= 0.3 is 0 Å². The van der Waals surface area contributed by atoms with Crippen molar-refractivity contribution in [3.8, 4) is 0 Å². The molecule has 3 rings (SSSR count). The predicted molar refractivity (Wildman–Crippen MR) is 69.1 cm³/mol. The van der Waals surface area contributed by atoms with Gasteiger partial charge in [-0.1, -0.05) is 6.92 Å². The van der Waals surface area contributed by atoms with Crippen molar-refractivity contribution in [1.82, 2.24) is 14.6 Å². The summed E-state index contributed by atoms with van der Waals surface area (Å²) in [6, 6.07) is 2.12. The highest BCUT2D eigenvalue weighted by atomic mass is 16.1. The molecule has 5 nitrogen and oxygen atoms in total. The second-order valence-corrected chi connectivity index (χ2v) is 5.08. The number of hydrogen-bond acceptors (Lipinski definition) is 4. The van der Waals surface area contributed by atoms with Crippen LogP contribution in [-0.2, 0) is 0 Å². The first-order chi connectivity index (χ1) is 8.67. The fraction of sp³-hybridized carbons (Fsp3) is 0.462. The number of aldehydes is 1. The van der Waals surface area contributed by atoms with E-state index in [2.05, 4.69) is 28.0 Å². The molecule has 0 saturated carbocycles. The van der Waals surface area contributed by atoms with Gasteiger partial charge in [0.15, 0.2) is 11.9 Å². The van der Waals surface area contributed by atoms with Crippen LogP contribution in [0.4, 0.5) is 5.69 Å². The smallest absolute Gasteiger partial charge is 0.214 e. The van der Waals surface area contributed by atoms with Crippen molar-refractivity contribution in [3.63, 3.8) is 0 Å². The van der Waals surface area contributed by atoms with E-state index in [0.717, 1.165) is 35.9 Å². The molecule has 2 aromatic heterocycles. The molecule has 1 aliphatic rings. The number of carbonyl (C=O) groups excluding carboxylic acids is 1. The van der Waals surface area contributed by atoms with Crippen LogP contribution in [0.2, 0.25) is 0 Å². The number of hydrogen-bond donors (Lipinski definition) is 0. The normalized spacial score (nSPS) is 19.7. The Labute approximate surface area is 105 Å². The summed E-state index contributed by atoms with van der Waals surface area (Å²) >= 11 is 0. The third kappa shape index (κ3) is 1.75. The van der Waals surface area contributed by atoms with Gasteiger partial charge < -0.3 is 4.90 Å². The molecule has 18 heavy (non-hydrogen) atoms. The average Bonchev–Trinajstić information content (AvgIpc) is 2.94. The van der Waals surface area contributed by atoms with E-state index < -0.39 is 0 Å². The minimum absolute atomic E-state index is 0.241. The van der Waals surface area contributed by atoms with Crippen LogP contribution < -0.4 is 4.90 Å². The minimum Gasteiger partial charge on any atom is -0.370 e. The summed E-state index contributed by atoms with van der Waals surface area (Å²) in [5.41, 5.74) is 2.97. The molecule has 0 amide bonds. The van der Waals surface area contributed by atoms with Gasteiger partial charge in [0.1, 0.15) is 0 Å². The molecule has 3 heterocycles. The van der Waals surface area contributed by atoms with Gasteiger partial charge in [0.25, 0.3) is 0 Å². The molecule has 0 radical (unpaired) electrons. The first kappa shape index (κ1) is 11.2. The van der Waals surface area contributed by atoms with Gasteiger partial charge in [0.2, 0.25) is 5.82 Å². The van der Waals surface area contributed by atoms with E-state index in [-0.39, 0.29) is 5.82 Å². The number of fused-ring (bicyclic) bond motifs is 1. The van der Waals surface area contributed by atoms with Crippen LogP contribution in [0.1, 0.15) is 29.5 Å². The Morgan fingerprint density at radius 3 is 3.00 bits per heavy atom. The lowest BCUT2D eigenvalue weighted by atomic mass is 10.2. The van der Waals surface area contributed by atoms with Crippen LogP contribution >= 0.6 is 0 Å². The summed E-state index contributed by atoms with van der Waals surface area (Å²) in [7, 11) is 0. The Kier molecular flexibility index (Phi) is 2.54. The lowest BCUT2D eigenvalue weighted by Gasteiger charge is -2.18. The molecule has 1 saturated heterocycles. The third-order valence-corrected chi connectivity index (χ3v) is 3.51. The second-order valence-electron chi connectivity index (χ2n) is 5.08. The maximum atomic E-state index is 10.7. The molecule has 0 aliphatic carbocycles. The molecule has 0 spiro atoms.